The van der Waals surface area contributed by atoms with Crippen molar-refractivity contribution in [2.24, 2.45) is 0 Å². The van der Waals surface area contributed by atoms with Crippen molar-refractivity contribution >= 4 is 33.6 Å². The number of carbonyl (C=O) groups is 2. The van der Waals surface area contributed by atoms with Gasteiger partial charge in [0, 0.05) is 11.1 Å². The largest absolute Gasteiger partial charge is 0.451 e. The van der Waals surface area contributed by atoms with Crippen molar-refractivity contribution in [3.05, 3.63) is 96.1 Å². The second-order valence-corrected chi connectivity index (χ2v) is 8.31. The third kappa shape index (κ3) is 5.20. The number of amides is 1. The summed E-state index contributed by atoms with van der Waals surface area (Å²) in [5, 5.41) is 6.73. The Bertz CT molecular complexity index is 1210. The molecular weight excluding hydrogens is 426 g/mol. The predicted octanol–water partition coefficient (Wildman–Crippen LogP) is 6.54. The van der Waals surface area contributed by atoms with Crippen LogP contribution in [0.1, 0.15) is 43.9 Å². The lowest BCUT2D eigenvalue weighted by molar-refractivity contribution is -0.149. The minimum Gasteiger partial charge on any atom is -0.451 e. The summed E-state index contributed by atoms with van der Waals surface area (Å²) in [5.74, 6) is -0.529. The first-order valence-electron chi connectivity index (χ1n) is 11.7. The van der Waals surface area contributed by atoms with Crippen molar-refractivity contribution in [2.45, 2.75) is 38.8 Å². The molecule has 0 unspecified atom stereocenters. The molecule has 0 aromatic heterocycles. The van der Waals surface area contributed by atoms with Crippen LogP contribution in [0.2, 0.25) is 0 Å². The van der Waals surface area contributed by atoms with Crippen molar-refractivity contribution in [1.82, 2.24) is 5.32 Å². The highest BCUT2D eigenvalue weighted by atomic mass is 16.6. The summed E-state index contributed by atoms with van der Waals surface area (Å²) in [5.41, 5.74) is 1.78. The van der Waals surface area contributed by atoms with Crippen LogP contribution in [0.5, 0.6) is 0 Å². The zero-order valence-electron chi connectivity index (χ0n) is 19.5. The average Bonchev–Trinajstić information content (AvgIpc) is 2.86. The van der Waals surface area contributed by atoms with Gasteiger partial charge in [-0.25, -0.2) is 9.59 Å². The zero-order chi connectivity index (χ0) is 23.9. The Morgan fingerprint density at radius 3 is 1.88 bits per heavy atom. The monoisotopic (exact) mass is 455 g/mol. The van der Waals surface area contributed by atoms with Gasteiger partial charge in [-0.15, -0.1) is 0 Å². The van der Waals surface area contributed by atoms with Crippen LogP contribution in [-0.2, 0) is 14.3 Å². The summed E-state index contributed by atoms with van der Waals surface area (Å²) in [6.07, 6.45) is 0.425. The summed E-state index contributed by atoms with van der Waals surface area (Å²) >= 11 is 0. The van der Waals surface area contributed by atoms with E-state index in [0.29, 0.717) is 6.61 Å². The van der Waals surface area contributed by atoms with Crippen molar-refractivity contribution in [3.63, 3.8) is 0 Å². The van der Waals surface area contributed by atoms with E-state index in [0.717, 1.165) is 45.5 Å². The van der Waals surface area contributed by atoms with Crippen LogP contribution < -0.4 is 5.32 Å². The molecule has 0 bridgehead atoms. The van der Waals surface area contributed by atoms with Gasteiger partial charge in [-0.3, -0.25) is 0 Å². The lowest BCUT2D eigenvalue weighted by Crippen LogP contribution is -2.40. The van der Waals surface area contributed by atoms with Gasteiger partial charge in [0.05, 0.1) is 6.61 Å². The molecule has 4 aromatic rings. The molecule has 0 saturated carbocycles. The van der Waals surface area contributed by atoms with E-state index in [1.165, 1.54) is 0 Å². The molecule has 0 fully saturated rings. The van der Waals surface area contributed by atoms with E-state index in [1.807, 2.05) is 91.9 Å². The highest BCUT2D eigenvalue weighted by molar-refractivity contribution is 5.90. The number of ether oxygens (including phenoxy) is 2. The lowest BCUT2D eigenvalue weighted by Gasteiger charge is -2.24. The zero-order valence-corrected chi connectivity index (χ0v) is 19.5. The molecule has 0 aliphatic rings. The minimum atomic E-state index is -0.860. The Hall–Kier alpha value is -3.86. The number of rotatable bonds is 8. The normalized spacial score (nSPS) is 12.0. The third-order valence-corrected chi connectivity index (χ3v) is 5.86. The first kappa shape index (κ1) is 23.3. The molecule has 0 heterocycles. The molecule has 5 heteroatoms. The van der Waals surface area contributed by atoms with Crippen molar-refractivity contribution in [1.29, 1.82) is 0 Å². The van der Waals surface area contributed by atoms with Crippen LogP contribution in [0.3, 0.4) is 0 Å². The van der Waals surface area contributed by atoms with Crippen LogP contribution in [0.25, 0.3) is 21.5 Å². The molecule has 1 atom stereocenters. The van der Waals surface area contributed by atoms with E-state index in [-0.39, 0.29) is 0 Å². The number of unbranched alkanes of at least 4 members (excludes halogenated alkanes) is 1. The van der Waals surface area contributed by atoms with Crippen LogP contribution in [0.15, 0.2) is 84.9 Å². The predicted molar refractivity (Wildman–Crippen MR) is 135 cm³/mol. The average molecular weight is 456 g/mol. The SMILES string of the molecule is CCCCOC(=O)N[C@@H](C)C(=O)OC(c1cccc2ccccc12)c1cccc2ccccc12. The molecule has 0 spiro atoms. The Morgan fingerprint density at radius 2 is 1.32 bits per heavy atom. The van der Waals surface area contributed by atoms with Gasteiger partial charge in [0.1, 0.15) is 6.04 Å². The van der Waals surface area contributed by atoms with Crippen molar-refractivity contribution < 1.29 is 19.1 Å². The molecule has 174 valence electrons. The second kappa shape index (κ2) is 10.8. The number of nitrogens with one attached hydrogen (secondary N) is 1. The summed E-state index contributed by atoms with van der Waals surface area (Å²) in [7, 11) is 0. The maximum Gasteiger partial charge on any atom is 0.407 e. The van der Waals surface area contributed by atoms with E-state index < -0.39 is 24.2 Å². The van der Waals surface area contributed by atoms with E-state index in [2.05, 4.69) is 5.32 Å². The van der Waals surface area contributed by atoms with Crippen LogP contribution in [0.4, 0.5) is 4.79 Å². The first-order valence-corrected chi connectivity index (χ1v) is 11.7. The van der Waals surface area contributed by atoms with Crippen LogP contribution in [-0.4, -0.2) is 24.7 Å². The number of hydrogen-bond donors (Lipinski definition) is 1. The van der Waals surface area contributed by atoms with E-state index >= 15 is 0 Å². The molecule has 0 aliphatic heterocycles. The summed E-state index contributed by atoms with van der Waals surface area (Å²) in [4.78, 5) is 25.2. The van der Waals surface area contributed by atoms with Crippen LogP contribution >= 0.6 is 0 Å². The maximum absolute atomic E-state index is 13.1. The van der Waals surface area contributed by atoms with Gasteiger partial charge in [0.2, 0.25) is 0 Å². The molecule has 0 radical (unpaired) electrons. The molecule has 0 aliphatic carbocycles. The fourth-order valence-electron chi connectivity index (χ4n) is 4.06. The van der Waals surface area contributed by atoms with Gasteiger partial charge in [-0.1, -0.05) is 98.3 Å². The number of benzene rings is 4. The molecule has 4 rings (SSSR count). The third-order valence-electron chi connectivity index (χ3n) is 5.86. The smallest absolute Gasteiger partial charge is 0.407 e. The Labute approximate surface area is 199 Å². The lowest BCUT2D eigenvalue weighted by atomic mass is 9.92. The van der Waals surface area contributed by atoms with Gasteiger partial charge in [0.15, 0.2) is 6.10 Å². The summed E-state index contributed by atoms with van der Waals surface area (Å²) < 4.78 is 11.3. The standard InChI is InChI=1S/C29H29NO4/c1-3-4-19-33-29(32)30-20(2)28(31)34-27(25-17-9-13-21-11-5-7-15-23(21)25)26-18-10-14-22-12-6-8-16-24(22)26/h5-18,20,27H,3-4,19H2,1-2H3,(H,30,32)/t20-/m0/s1. The van der Waals surface area contributed by atoms with Gasteiger partial charge in [0.25, 0.3) is 0 Å². The molecular formula is C29H29NO4. The summed E-state index contributed by atoms with van der Waals surface area (Å²) in [6.45, 7) is 3.94. The Morgan fingerprint density at radius 1 is 0.794 bits per heavy atom. The quantitative estimate of drug-likeness (QED) is 0.242. The van der Waals surface area contributed by atoms with Crippen molar-refractivity contribution in [2.75, 3.05) is 6.61 Å². The van der Waals surface area contributed by atoms with Crippen LogP contribution in [0, 0.1) is 0 Å². The molecule has 1 amide bonds. The molecule has 4 aromatic carbocycles. The van der Waals surface area contributed by atoms with Crippen molar-refractivity contribution in [3.8, 4) is 0 Å². The van der Waals surface area contributed by atoms with E-state index in [9.17, 15) is 9.59 Å². The van der Waals surface area contributed by atoms with Gasteiger partial charge in [-0.2, -0.15) is 0 Å². The maximum atomic E-state index is 13.1. The summed E-state index contributed by atoms with van der Waals surface area (Å²) in [6, 6.07) is 27.2. The number of hydrogen-bond acceptors (Lipinski definition) is 4. The Balaban J connectivity index is 1.69. The second-order valence-electron chi connectivity index (χ2n) is 8.31. The first-order chi connectivity index (χ1) is 16.6. The fraction of sp³-hybridized carbons (Fsp3) is 0.241. The van der Waals surface area contributed by atoms with E-state index in [1.54, 1.807) is 6.92 Å². The van der Waals surface area contributed by atoms with Gasteiger partial charge in [-0.05, 0) is 34.9 Å². The Kier molecular flexibility index (Phi) is 7.43. The molecule has 1 N–H and O–H groups in total. The highest BCUT2D eigenvalue weighted by Gasteiger charge is 2.26. The number of fused-ring (bicyclic) bond motifs is 2. The minimum absolute atomic E-state index is 0.318. The fourth-order valence-corrected chi connectivity index (χ4v) is 4.06. The number of alkyl carbamates (subject to hydrolysis) is 1. The molecule has 0 saturated heterocycles. The topological polar surface area (TPSA) is 64.6 Å². The van der Waals surface area contributed by atoms with E-state index in [4.69, 9.17) is 9.47 Å². The van der Waals surface area contributed by atoms with Gasteiger partial charge < -0.3 is 14.8 Å². The number of carbonyl (C=O) groups excluding carboxylic acids is 2. The van der Waals surface area contributed by atoms with Gasteiger partial charge >= 0.3 is 12.1 Å². The highest BCUT2D eigenvalue weighted by Crippen LogP contribution is 2.35. The molecule has 34 heavy (non-hydrogen) atoms. The number of esters is 1. The molecule has 5 nitrogen and oxygen atoms in total.